The van der Waals surface area contributed by atoms with Gasteiger partial charge < -0.3 is 15.4 Å². The summed E-state index contributed by atoms with van der Waals surface area (Å²) in [6.45, 7) is 6.71. The van der Waals surface area contributed by atoms with Crippen LogP contribution in [0, 0.1) is 0 Å². The first-order valence-electron chi connectivity index (χ1n) is 8.17. The van der Waals surface area contributed by atoms with Gasteiger partial charge in [-0.2, -0.15) is 0 Å². The van der Waals surface area contributed by atoms with Gasteiger partial charge in [0.15, 0.2) is 0 Å². The quantitative estimate of drug-likeness (QED) is 0.868. The normalized spacial score (nSPS) is 22.3. The summed E-state index contributed by atoms with van der Waals surface area (Å²) >= 11 is 1.82. The third-order valence-electron chi connectivity index (χ3n) is 3.83. The lowest BCUT2D eigenvalue weighted by Gasteiger charge is -2.30. The Bertz CT molecular complexity index is 446. The van der Waals surface area contributed by atoms with Crippen LogP contribution in [-0.4, -0.2) is 30.3 Å². The minimum absolute atomic E-state index is 0.255. The van der Waals surface area contributed by atoms with Crippen molar-refractivity contribution in [1.82, 2.24) is 10.6 Å². The zero-order valence-corrected chi connectivity index (χ0v) is 14.7. The van der Waals surface area contributed by atoms with E-state index in [1.165, 1.54) is 4.88 Å². The van der Waals surface area contributed by atoms with Crippen LogP contribution in [0.2, 0.25) is 0 Å². The minimum Gasteiger partial charge on any atom is -0.444 e. The third-order valence-corrected chi connectivity index (χ3v) is 4.77. The van der Waals surface area contributed by atoms with Crippen molar-refractivity contribution >= 4 is 17.4 Å². The number of amides is 1. The highest BCUT2D eigenvalue weighted by Crippen LogP contribution is 2.19. The Hall–Kier alpha value is -1.07. The van der Waals surface area contributed by atoms with Gasteiger partial charge in [-0.3, -0.25) is 0 Å². The summed E-state index contributed by atoms with van der Waals surface area (Å²) < 4.78 is 5.31. The lowest BCUT2D eigenvalue weighted by Crippen LogP contribution is -2.44. The number of rotatable bonds is 5. The Labute approximate surface area is 137 Å². The van der Waals surface area contributed by atoms with Crippen LogP contribution in [0.3, 0.4) is 0 Å². The van der Waals surface area contributed by atoms with Gasteiger partial charge in [0.2, 0.25) is 0 Å². The fraction of sp³-hybridized carbons (Fsp3) is 0.706. The third kappa shape index (κ3) is 6.36. The van der Waals surface area contributed by atoms with Gasteiger partial charge >= 0.3 is 6.09 Å². The summed E-state index contributed by atoms with van der Waals surface area (Å²) in [5.74, 6) is 0. The molecule has 1 aromatic rings. The zero-order valence-electron chi connectivity index (χ0n) is 13.9. The summed E-state index contributed by atoms with van der Waals surface area (Å²) in [7, 11) is 0. The van der Waals surface area contributed by atoms with Gasteiger partial charge in [-0.15, -0.1) is 11.3 Å². The van der Waals surface area contributed by atoms with Crippen LogP contribution in [0.1, 0.15) is 51.3 Å². The fourth-order valence-corrected chi connectivity index (χ4v) is 3.48. The molecule has 1 aromatic heterocycles. The molecule has 0 spiro atoms. The van der Waals surface area contributed by atoms with Crippen molar-refractivity contribution in [3.05, 3.63) is 22.4 Å². The van der Waals surface area contributed by atoms with Crippen LogP contribution < -0.4 is 10.6 Å². The molecule has 0 saturated heterocycles. The second kappa shape index (κ2) is 7.97. The molecule has 124 valence electrons. The Balaban J connectivity index is 1.60. The molecule has 2 rings (SSSR count). The van der Waals surface area contributed by atoms with Crippen molar-refractivity contribution in [1.29, 1.82) is 0 Å². The molecule has 0 aliphatic heterocycles. The van der Waals surface area contributed by atoms with E-state index in [0.29, 0.717) is 6.04 Å². The minimum atomic E-state index is -0.426. The molecule has 0 atom stereocenters. The van der Waals surface area contributed by atoms with E-state index in [9.17, 15) is 4.79 Å². The Kier molecular flexibility index (Phi) is 6.26. The number of ether oxygens (including phenoxy) is 1. The number of hydrogen-bond acceptors (Lipinski definition) is 4. The summed E-state index contributed by atoms with van der Waals surface area (Å²) in [5, 5.41) is 8.75. The number of nitrogens with one attached hydrogen (secondary N) is 2. The van der Waals surface area contributed by atoms with Crippen molar-refractivity contribution in [3.8, 4) is 0 Å². The maximum absolute atomic E-state index is 11.8. The second-order valence-electron chi connectivity index (χ2n) is 6.98. The largest absolute Gasteiger partial charge is 0.444 e. The molecular formula is C17H28N2O2S. The van der Waals surface area contributed by atoms with Crippen molar-refractivity contribution in [3.63, 3.8) is 0 Å². The van der Waals surface area contributed by atoms with Crippen molar-refractivity contribution in [2.24, 2.45) is 0 Å². The molecule has 1 amide bonds. The average Bonchev–Trinajstić information content (AvgIpc) is 2.92. The molecule has 4 nitrogen and oxygen atoms in total. The van der Waals surface area contributed by atoms with E-state index in [1.807, 2.05) is 32.1 Å². The Morgan fingerprint density at radius 3 is 2.55 bits per heavy atom. The molecule has 0 bridgehead atoms. The number of alkyl carbamates (subject to hydrolysis) is 1. The van der Waals surface area contributed by atoms with E-state index < -0.39 is 5.60 Å². The van der Waals surface area contributed by atoms with E-state index in [0.717, 1.165) is 38.6 Å². The van der Waals surface area contributed by atoms with Gasteiger partial charge in [-0.1, -0.05) is 6.07 Å². The molecule has 1 aliphatic rings. The maximum Gasteiger partial charge on any atom is 0.407 e. The molecule has 0 radical (unpaired) electrons. The van der Waals surface area contributed by atoms with Crippen molar-refractivity contribution in [2.45, 2.75) is 70.6 Å². The van der Waals surface area contributed by atoms with Crippen molar-refractivity contribution in [2.75, 3.05) is 6.54 Å². The van der Waals surface area contributed by atoms with Gasteiger partial charge in [-0.05, 0) is 64.3 Å². The van der Waals surface area contributed by atoms with E-state index in [1.54, 1.807) is 0 Å². The molecule has 1 aliphatic carbocycles. The first kappa shape index (κ1) is 17.3. The van der Waals surface area contributed by atoms with Gasteiger partial charge in [-0.25, -0.2) is 4.79 Å². The van der Waals surface area contributed by atoms with E-state index in [4.69, 9.17) is 4.74 Å². The molecule has 0 unspecified atom stereocenters. The van der Waals surface area contributed by atoms with Crippen LogP contribution in [0.25, 0.3) is 0 Å². The second-order valence-corrected chi connectivity index (χ2v) is 8.01. The predicted molar refractivity (Wildman–Crippen MR) is 91.4 cm³/mol. The maximum atomic E-state index is 11.8. The van der Waals surface area contributed by atoms with E-state index in [2.05, 4.69) is 28.1 Å². The summed E-state index contributed by atoms with van der Waals surface area (Å²) in [4.78, 5) is 13.2. The topological polar surface area (TPSA) is 50.4 Å². The highest BCUT2D eigenvalue weighted by molar-refractivity contribution is 7.09. The summed E-state index contributed by atoms with van der Waals surface area (Å²) in [6.07, 6.45) is 5.09. The highest BCUT2D eigenvalue weighted by atomic mass is 32.1. The fourth-order valence-electron chi connectivity index (χ4n) is 2.77. The molecule has 22 heavy (non-hydrogen) atoms. The smallest absolute Gasteiger partial charge is 0.407 e. The van der Waals surface area contributed by atoms with Gasteiger partial charge in [0.1, 0.15) is 5.60 Å². The van der Waals surface area contributed by atoms with Crippen LogP contribution in [-0.2, 0) is 11.2 Å². The highest BCUT2D eigenvalue weighted by Gasteiger charge is 2.24. The molecule has 1 saturated carbocycles. The molecule has 0 aromatic carbocycles. The molecule has 1 heterocycles. The zero-order chi connectivity index (χ0) is 16.0. The SMILES string of the molecule is CC(C)(C)OC(=O)NC1CCC(NCCc2cccs2)CC1. The molecular weight excluding hydrogens is 296 g/mol. The van der Waals surface area contributed by atoms with Gasteiger partial charge in [0.05, 0.1) is 0 Å². The predicted octanol–water partition coefficient (Wildman–Crippen LogP) is 3.72. The molecule has 5 heteroatoms. The van der Waals surface area contributed by atoms with Crippen LogP contribution in [0.15, 0.2) is 17.5 Å². The van der Waals surface area contributed by atoms with Gasteiger partial charge in [0, 0.05) is 23.5 Å². The van der Waals surface area contributed by atoms with Crippen LogP contribution in [0.5, 0.6) is 0 Å². The first-order valence-corrected chi connectivity index (χ1v) is 9.05. The first-order chi connectivity index (χ1) is 10.4. The van der Waals surface area contributed by atoms with E-state index in [-0.39, 0.29) is 12.1 Å². The van der Waals surface area contributed by atoms with Crippen LogP contribution in [0.4, 0.5) is 4.79 Å². The standard InChI is InChI=1S/C17H28N2O2S/c1-17(2,3)21-16(20)19-14-8-6-13(7-9-14)18-11-10-15-5-4-12-22-15/h4-5,12-14,18H,6-11H2,1-3H3,(H,19,20). The Morgan fingerprint density at radius 2 is 1.95 bits per heavy atom. The van der Waals surface area contributed by atoms with Crippen molar-refractivity contribution < 1.29 is 9.53 Å². The lowest BCUT2D eigenvalue weighted by atomic mass is 9.91. The number of carbonyl (C=O) groups excluding carboxylic acids is 1. The number of carbonyl (C=O) groups is 1. The number of thiophene rings is 1. The molecule has 1 fully saturated rings. The Morgan fingerprint density at radius 1 is 1.27 bits per heavy atom. The summed E-state index contributed by atoms with van der Waals surface area (Å²) in [6, 6.07) is 5.13. The summed E-state index contributed by atoms with van der Waals surface area (Å²) in [5.41, 5.74) is -0.426. The average molecular weight is 324 g/mol. The van der Waals surface area contributed by atoms with E-state index >= 15 is 0 Å². The van der Waals surface area contributed by atoms with Crippen LogP contribution >= 0.6 is 11.3 Å². The molecule has 2 N–H and O–H groups in total. The monoisotopic (exact) mass is 324 g/mol. The lowest BCUT2D eigenvalue weighted by molar-refractivity contribution is 0.0490. The number of hydrogen-bond donors (Lipinski definition) is 2. The van der Waals surface area contributed by atoms with Gasteiger partial charge in [0.25, 0.3) is 0 Å².